The standard InChI is InChI=1S/C10H7IO2/c11-8-4-2-1-3-7(8)10-9(12)5-6-13-10/h1-6,10H. The largest absolute Gasteiger partial charge is 0.485 e. The number of rotatable bonds is 1. The van der Waals surface area contributed by atoms with Crippen LogP contribution in [-0.2, 0) is 9.53 Å². The Labute approximate surface area is 89.7 Å². The van der Waals surface area contributed by atoms with E-state index in [-0.39, 0.29) is 5.78 Å². The van der Waals surface area contributed by atoms with Crippen LogP contribution in [0.15, 0.2) is 36.6 Å². The molecule has 66 valence electrons. The van der Waals surface area contributed by atoms with E-state index in [9.17, 15) is 4.79 Å². The molecule has 0 saturated heterocycles. The van der Waals surface area contributed by atoms with Crippen molar-refractivity contribution in [1.82, 2.24) is 0 Å². The molecule has 1 aliphatic heterocycles. The van der Waals surface area contributed by atoms with Crippen LogP contribution in [0.3, 0.4) is 0 Å². The first kappa shape index (κ1) is 8.74. The molecule has 1 heterocycles. The Kier molecular flexibility index (Phi) is 2.35. The maximum Gasteiger partial charge on any atom is 0.203 e. The zero-order valence-corrected chi connectivity index (χ0v) is 8.89. The Morgan fingerprint density at radius 1 is 1.31 bits per heavy atom. The van der Waals surface area contributed by atoms with E-state index >= 15 is 0 Å². The fourth-order valence-electron chi connectivity index (χ4n) is 1.25. The summed E-state index contributed by atoms with van der Waals surface area (Å²) in [5.41, 5.74) is 0.943. The van der Waals surface area contributed by atoms with Gasteiger partial charge in [0.2, 0.25) is 5.78 Å². The summed E-state index contributed by atoms with van der Waals surface area (Å²) in [5.74, 6) is 0.0177. The fraction of sp³-hybridized carbons (Fsp3) is 0.100. The molecule has 2 nitrogen and oxygen atoms in total. The molecule has 0 saturated carbocycles. The molecule has 0 radical (unpaired) electrons. The molecular formula is C10H7IO2. The maximum atomic E-state index is 11.3. The molecule has 2 rings (SSSR count). The summed E-state index contributed by atoms with van der Waals surface area (Å²) in [4.78, 5) is 11.3. The van der Waals surface area contributed by atoms with Gasteiger partial charge in [-0.2, -0.15) is 0 Å². The van der Waals surface area contributed by atoms with E-state index in [2.05, 4.69) is 22.6 Å². The summed E-state index contributed by atoms with van der Waals surface area (Å²) >= 11 is 2.20. The highest BCUT2D eigenvalue weighted by Gasteiger charge is 2.24. The van der Waals surface area contributed by atoms with E-state index in [1.54, 1.807) is 0 Å². The molecule has 3 heteroatoms. The first-order chi connectivity index (χ1) is 6.29. The van der Waals surface area contributed by atoms with Crippen molar-refractivity contribution < 1.29 is 9.53 Å². The summed E-state index contributed by atoms with van der Waals surface area (Å²) in [7, 11) is 0. The van der Waals surface area contributed by atoms with E-state index < -0.39 is 6.10 Å². The van der Waals surface area contributed by atoms with Crippen molar-refractivity contribution in [3.05, 3.63) is 45.7 Å². The SMILES string of the molecule is O=C1C=COC1c1ccccc1I. The van der Waals surface area contributed by atoms with Crippen LogP contribution in [0.4, 0.5) is 0 Å². The number of ether oxygens (including phenoxy) is 1. The lowest BCUT2D eigenvalue weighted by molar-refractivity contribution is -0.120. The maximum absolute atomic E-state index is 11.3. The van der Waals surface area contributed by atoms with E-state index in [0.717, 1.165) is 9.13 Å². The van der Waals surface area contributed by atoms with Gasteiger partial charge in [0.25, 0.3) is 0 Å². The second-order valence-corrected chi connectivity index (χ2v) is 3.90. The Morgan fingerprint density at radius 3 is 2.69 bits per heavy atom. The molecule has 1 aromatic carbocycles. The van der Waals surface area contributed by atoms with Crippen molar-refractivity contribution in [2.75, 3.05) is 0 Å². The van der Waals surface area contributed by atoms with Gasteiger partial charge in [0.1, 0.15) is 0 Å². The molecule has 0 N–H and O–H groups in total. The minimum atomic E-state index is -0.423. The predicted molar refractivity (Wildman–Crippen MR) is 57.1 cm³/mol. The average Bonchev–Trinajstić information content (AvgIpc) is 2.52. The molecular weight excluding hydrogens is 279 g/mol. The van der Waals surface area contributed by atoms with Gasteiger partial charge in [-0.1, -0.05) is 18.2 Å². The van der Waals surface area contributed by atoms with Crippen molar-refractivity contribution in [2.45, 2.75) is 6.10 Å². The van der Waals surface area contributed by atoms with Crippen LogP contribution in [0.5, 0.6) is 0 Å². The average molecular weight is 286 g/mol. The molecule has 0 spiro atoms. The van der Waals surface area contributed by atoms with Crippen molar-refractivity contribution in [2.24, 2.45) is 0 Å². The van der Waals surface area contributed by atoms with Crippen LogP contribution in [0.2, 0.25) is 0 Å². The Balaban J connectivity index is 2.36. The van der Waals surface area contributed by atoms with E-state index in [0.29, 0.717) is 0 Å². The lowest BCUT2D eigenvalue weighted by Crippen LogP contribution is -2.07. The van der Waals surface area contributed by atoms with Crippen LogP contribution < -0.4 is 0 Å². The monoisotopic (exact) mass is 286 g/mol. The number of hydrogen-bond acceptors (Lipinski definition) is 2. The molecule has 1 aliphatic rings. The normalized spacial score (nSPS) is 20.4. The van der Waals surface area contributed by atoms with Gasteiger partial charge in [-0.05, 0) is 28.7 Å². The summed E-state index contributed by atoms with van der Waals surface area (Å²) < 4.78 is 6.25. The lowest BCUT2D eigenvalue weighted by Gasteiger charge is -2.10. The minimum absolute atomic E-state index is 0.0177. The van der Waals surface area contributed by atoms with Crippen LogP contribution >= 0.6 is 22.6 Å². The second-order valence-electron chi connectivity index (χ2n) is 2.74. The van der Waals surface area contributed by atoms with Gasteiger partial charge in [-0.15, -0.1) is 0 Å². The van der Waals surface area contributed by atoms with Gasteiger partial charge < -0.3 is 4.74 Å². The van der Waals surface area contributed by atoms with Crippen molar-refractivity contribution in [1.29, 1.82) is 0 Å². The topological polar surface area (TPSA) is 26.3 Å². The number of benzene rings is 1. The Morgan fingerprint density at radius 2 is 2.08 bits per heavy atom. The number of carbonyl (C=O) groups excluding carboxylic acids is 1. The molecule has 1 aromatic rings. The third-order valence-corrected chi connectivity index (χ3v) is 2.88. The quantitative estimate of drug-likeness (QED) is 0.741. The van der Waals surface area contributed by atoms with Gasteiger partial charge in [0.15, 0.2) is 6.10 Å². The zero-order valence-electron chi connectivity index (χ0n) is 6.74. The molecule has 0 fully saturated rings. The van der Waals surface area contributed by atoms with Crippen LogP contribution in [0, 0.1) is 3.57 Å². The predicted octanol–water partition coefficient (Wildman–Crippen LogP) is 2.45. The third-order valence-electron chi connectivity index (χ3n) is 1.89. The molecule has 0 aliphatic carbocycles. The van der Waals surface area contributed by atoms with E-state index in [4.69, 9.17) is 4.74 Å². The first-order valence-electron chi connectivity index (χ1n) is 3.89. The summed E-state index contributed by atoms with van der Waals surface area (Å²) in [6.45, 7) is 0. The lowest BCUT2D eigenvalue weighted by atomic mass is 10.1. The van der Waals surface area contributed by atoms with Gasteiger partial charge in [0, 0.05) is 15.2 Å². The first-order valence-corrected chi connectivity index (χ1v) is 4.97. The highest BCUT2D eigenvalue weighted by Crippen LogP contribution is 2.27. The molecule has 0 aromatic heterocycles. The van der Waals surface area contributed by atoms with Crippen molar-refractivity contribution >= 4 is 28.4 Å². The fourth-order valence-corrected chi connectivity index (χ4v) is 1.92. The Bertz CT molecular complexity index is 371. The smallest absolute Gasteiger partial charge is 0.203 e. The summed E-state index contributed by atoms with van der Waals surface area (Å²) in [6.07, 6.45) is 2.50. The molecule has 0 amide bonds. The van der Waals surface area contributed by atoms with Crippen LogP contribution in [0.25, 0.3) is 0 Å². The number of hydrogen-bond donors (Lipinski definition) is 0. The number of ketones is 1. The highest BCUT2D eigenvalue weighted by atomic mass is 127. The van der Waals surface area contributed by atoms with E-state index in [1.807, 2.05) is 24.3 Å². The molecule has 0 bridgehead atoms. The molecule has 1 unspecified atom stereocenters. The second kappa shape index (κ2) is 3.49. The zero-order chi connectivity index (χ0) is 9.26. The van der Waals surface area contributed by atoms with Crippen LogP contribution in [-0.4, -0.2) is 5.78 Å². The van der Waals surface area contributed by atoms with Crippen molar-refractivity contribution in [3.8, 4) is 0 Å². The number of carbonyl (C=O) groups is 1. The number of halogens is 1. The van der Waals surface area contributed by atoms with Crippen LogP contribution in [0.1, 0.15) is 11.7 Å². The summed E-state index contributed by atoms with van der Waals surface area (Å²) in [6, 6.07) is 7.73. The highest BCUT2D eigenvalue weighted by molar-refractivity contribution is 14.1. The minimum Gasteiger partial charge on any atom is -0.485 e. The van der Waals surface area contributed by atoms with Gasteiger partial charge in [-0.25, -0.2) is 0 Å². The summed E-state index contributed by atoms with van der Waals surface area (Å²) in [5, 5.41) is 0. The molecule has 1 atom stereocenters. The van der Waals surface area contributed by atoms with Gasteiger partial charge >= 0.3 is 0 Å². The van der Waals surface area contributed by atoms with Gasteiger partial charge in [0.05, 0.1) is 6.26 Å². The van der Waals surface area contributed by atoms with Crippen molar-refractivity contribution in [3.63, 3.8) is 0 Å². The van der Waals surface area contributed by atoms with E-state index in [1.165, 1.54) is 12.3 Å². The Hall–Kier alpha value is -0.840. The third kappa shape index (κ3) is 1.60. The molecule has 13 heavy (non-hydrogen) atoms. The van der Waals surface area contributed by atoms with Gasteiger partial charge in [-0.3, -0.25) is 4.79 Å².